The third kappa shape index (κ3) is 12.1. The smallest absolute Gasteiger partial charge is 0.299 e. The molecule has 0 radical (unpaired) electrons. The Morgan fingerprint density at radius 3 is 1.89 bits per heavy atom. The van der Waals surface area contributed by atoms with Gasteiger partial charge in [-0.25, -0.2) is 9.67 Å². The number of ether oxygens (including phenoxy) is 1. The summed E-state index contributed by atoms with van der Waals surface area (Å²) in [7, 11) is -26.0. The van der Waals surface area contributed by atoms with E-state index < -0.39 is 115 Å². The Balaban J connectivity index is 1.11. The molecule has 2 aromatic heterocycles. The first-order valence-electron chi connectivity index (χ1n) is 22.6. The van der Waals surface area contributed by atoms with Crippen LogP contribution in [0.2, 0.25) is 0 Å². The minimum atomic E-state index is -5.65. The molecule has 0 saturated carbocycles. The number of phenols is 1. The molecule has 33 heteroatoms. The maximum Gasteiger partial charge on any atom is 0.299 e. The number of rotatable bonds is 18. The van der Waals surface area contributed by atoms with Crippen LogP contribution in [-0.2, 0) is 50.6 Å². The minimum Gasteiger partial charge on any atom is -0.505 e. The molecule has 414 valence electrons. The molecule has 0 amide bonds. The number of nitrogens with one attached hydrogen (secondary N) is 1. The van der Waals surface area contributed by atoms with Crippen LogP contribution in [0.5, 0.6) is 11.5 Å². The third-order valence-electron chi connectivity index (χ3n) is 11.7. The Morgan fingerprint density at radius 1 is 0.588 bits per heavy atom. The van der Waals surface area contributed by atoms with Crippen LogP contribution >= 0.6 is 11.3 Å². The highest BCUT2D eigenvalue weighted by atomic mass is 32.2. The number of hydrogen-bond donors (Lipinski definition) is 7. The molecular formula is C47H37N9O18S6. The molecular weight excluding hydrogens is 1170 g/mol. The number of thiazole rings is 1. The molecule has 0 atom stereocenters. The molecule has 2 heterocycles. The van der Waals surface area contributed by atoms with Gasteiger partial charge >= 0.3 is 0 Å². The average molecular weight is 1210 g/mol. The highest BCUT2D eigenvalue weighted by Crippen LogP contribution is 2.44. The van der Waals surface area contributed by atoms with Crippen molar-refractivity contribution in [2.24, 2.45) is 30.7 Å². The van der Waals surface area contributed by atoms with Gasteiger partial charge in [0, 0.05) is 33.2 Å². The van der Waals surface area contributed by atoms with Crippen LogP contribution in [0, 0.1) is 6.92 Å². The number of hydrogen-bond acceptors (Lipinski definition) is 21. The van der Waals surface area contributed by atoms with Gasteiger partial charge in [-0.15, -0.1) is 30.7 Å². The van der Waals surface area contributed by atoms with Crippen molar-refractivity contribution in [2.45, 2.75) is 39.3 Å². The number of benzene rings is 7. The Morgan fingerprint density at radius 2 is 1.21 bits per heavy atom. The summed E-state index contributed by atoms with van der Waals surface area (Å²) in [6.45, 7) is 1.65. The van der Waals surface area contributed by atoms with Crippen LogP contribution in [-0.4, -0.2) is 97.1 Å². The van der Waals surface area contributed by atoms with Gasteiger partial charge in [-0.05, 0) is 79.9 Å². The van der Waals surface area contributed by atoms with Crippen molar-refractivity contribution in [3.8, 4) is 28.4 Å². The van der Waals surface area contributed by atoms with E-state index in [-0.39, 0.29) is 58.6 Å². The van der Waals surface area contributed by atoms with Crippen molar-refractivity contribution in [3.63, 3.8) is 0 Å². The molecule has 0 aliphatic heterocycles. The van der Waals surface area contributed by atoms with Gasteiger partial charge in [-0.2, -0.15) is 42.1 Å². The van der Waals surface area contributed by atoms with E-state index in [2.05, 4.69) is 40.8 Å². The van der Waals surface area contributed by atoms with Gasteiger partial charge < -0.3 is 9.84 Å². The SMILES string of the molecule is Cc1cc(N=Nc2ccc3c(S(=O)(=O)O)c(N=Nc4c(-c5ccccc5)[nH]n(-c5cc(S(=O)(=O)O)c6ccc(S(=O)(=O)O)c(S(=O)(=O)O)c6c5)c4=O)ccc3c2O)c(OCCCCS(=O)(=O)O)cc1N=Nc1nc2ccccc2s1. The lowest BCUT2D eigenvalue weighted by molar-refractivity contribution is 0.310. The molecule has 0 fully saturated rings. The monoisotopic (exact) mass is 1210 g/mol. The lowest BCUT2D eigenvalue weighted by Crippen LogP contribution is -2.16. The largest absolute Gasteiger partial charge is 0.505 e. The van der Waals surface area contributed by atoms with Gasteiger partial charge in [0.2, 0.25) is 5.13 Å². The first-order chi connectivity index (χ1) is 37.6. The van der Waals surface area contributed by atoms with Crippen LogP contribution in [0.4, 0.5) is 33.6 Å². The maximum atomic E-state index is 14.4. The Kier molecular flexibility index (Phi) is 15.2. The van der Waals surface area contributed by atoms with Crippen LogP contribution in [0.3, 0.4) is 0 Å². The fourth-order valence-electron chi connectivity index (χ4n) is 8.17. The van der Waals surface area contributed by atoms with Gasteiger partial charge in [-0.1, -0.05) is 65.9 Å². The van der Waals surface area contributed by atoms with Gasteiger partial charge in [0.15, 0.2) is 11.4 Å². The number of aromatic amines is 1. The van der Waals surface area contributed by atoms with Crippen molar-refractivity contribution >= 4 is 127 Å². The van der Waals surface area contributed by atoms with Crippen LogP contribution in [0.1, 0.15) is 18.4 Å². The van der Waals surface area contributed by atoms with Crippen molar-refractivity contribution < 1.29 is 74.7 Å². The number of azo groups is 3. The van der Waals surface area contributed by atoms with E-state index in [1.165, 1.54) is 47.7 Å². The number of phenolic OH excluding ortho intramolecular Hbond substituents is 1. The fourth-order valence-corrected chi connectivity index (χ4v) is 13.1. The van der Waals surface area contributed by atoms with Crippen LogP contribution < -0.4 is 10.3 Å². The normalized spacial score (nSPS) is 13.0. The summed E-state index contributed by atoms with van der Waals surface area (Å²) in [6.07, 6.45) is 0.240. The first kappa shape index (κ1) is 56.6. The molecule has 0 unspecified atom stereocenters. The molecule has 9 rings (SSSR count). The number of aromatic nitrogens is 3. The average Bonchev–Trinajstić information content (AvgIpc) is 4.08. The summed E-state index contributed by atoms with van der Waals surface area (Å²) in [5.41, 5.74) is -1.67. The predicted octanol–water partition coefficient (Wildman–Crippen LogP) is 10.0. The van der Waals surface area contributed by atoms with Gasteiger partial charge in [0.25, 0.3) is 56.1 Å². The summed E-state index contributed by atoms with van der Waals surface area (Å²) in [5, 5.41) is 37.5. The summed E-state index contributed by atoms with van der Waals surface area (Å²) >= 11 is 1.31. The molecule has 0 saturated heterocycles. The minimum absolute atomic E-state index is 0.0475. The summed E-state index contributed by atoms with van der Waals surface area (Å²) in [4.78, 5) is 13.9. The second-order valence-corrected chi connectivity index (χ2v) is 25.2. The highest BCUT2D eigenvalue weighted by molar-refractivity contribution is 7.89. The molecule has 80 heavy (non-hydrogen) atoms. The Labute approximate surface area is 456 Å². The van der Waals surface area contributed by atoms with Crippen molar-refractivity contribution in [1.29, 1.82) is 0 Å². The molecule has 7 N–H and O–H groups in total. The standard InChI is InChI=1S/C47H37N9O18S6/c1-25-21-36(37(74-19-7-8-20-76(59,60)61)24-35(25)51-54-47-48-32-11-5-6-12-38(32)75-47)52-49-33-16-14-30-29(43(33)57)13-17-34(44(30)79(68,69)70)50-53-42-41(26-9-3-2-4-10-26)55-56(46(42)58)27-22-31-28(40(23-27)78(65,66)67)15-18-39(77(62,63)64)45(31)80(71,72)73/h2-6,9-18,21-24,55,57H,7-8,19-20H2,1H3,(H,59,60,61)(H,62,63,64)(H,65,66,67)(H,68,69,70)(H,71,72,73). The second-order valence-electron chi connectivity index (χ2n) is 17.1. The van der Waals surface area contributed by atoms with E-state index in [0.29, 0.717) is 39.3 Å². The predicted molar refractivity (Wildman–Crippen MR) is 289 cm³/mol. The number of para-hydroxylation sites is 1. The third-order valence-corrected chi connectivity index (χ3v) is 17.3. The zero-order valence-electron chi connectivity index (χ0n) is 40.4. The quantitative estimate of drug-likeness (QED) is 0.0238. The fraction of sp³-hybridized carbons (Fsp3) is 0.106. The number of fused-ring (bicyclic) bond motifs is 3. The Hall–Kier alpha value is -8.09. The summed E-state index contributed by atoms with van der Waals surface area (Å²) in [5.74, 6) is -1.06. The summed E-state index contributed by atoms with van der Waals surface area (Å²) in [6, 6.07) is 25.1. The number of nitrogens with zero attached hydrogens (tertiary/aromatic N) is 8. The number of H-pyrrole nitrogens is 1. The van der Waals surface area contributed by atoms with Gasteiger partial charge in [-0.3, -0.25) is 32.7 Å². The van der Waals surface area contributed by atoms with Crippen molar-refractivity contribution in [3.05, 3.63) is 131 Å². The van der Waals surface area contributed by atoms with E-state index in [1.807, 2.05) is 24.3 Å². The Bertz CT molecular complexity index is 4740. The molecule has 0 aliphatic carbocycles. The lowest BCUT2D eigenvalue weighted by atomic mass is 10.1. The van der Waals surface area contributed by atoms with Gasteiger partial charge in [0.1, 0.15) is 42.4 Å². The molecule has 9 aromatic rings. The van der Waals surface area contributed by atoms with Crippen LogP contribution in [0.15, 0.2) is 170 Å². The molecule has 7 aromatic carbocycles. The highest BCUT2D eigenvalue weighted by Gasteiger charge is 2.31. The van der Waals surface area contributed by atoms with Crippen molar-refractivity contribution in [2.75, 3.05) is 12.4 Å². The zero-order valence-corrected chi connectivity index (χ0v) is 45.3. The first-order valence-corrected chi connectivity index (χ1v) is 30.8. The maximum absolute atomic E-state index is 14.4. The van der Waals surface area contributed by atoms with E-state index in [4.69, 9.17) is 9.29 Å². The second kappa shape index (κ2) is 21.5. The van der Waals surface area contributed by atoms with Crippen LogP contribution in [0.25, 0.3) is 48.7 Å². The molecule has 0 spiro atoms. The molecule has 0 bridgehead atoms. The number of aryl methyl sites for hydroxylation is 1. The van der Waals surface area contributed by atoms with Gasteiger partial charge in [0.05, 0.1) is 39.6 Å². The van der Waals surface area contributed by atoms with E-state index in [1.54, 1.807) is 19.1 Å². The van der Waals surface area contributed by atoms with E-state index in [0.717, 1.165) is 34.5 Å². The topological polar surface area (TPSA) is 426 Å². The lowest BCUT2D eigenvalue weighted by Gasteiger charge is -2.13. The molecule has 27 nitrogen and oxygen atoms in total. The van der Waals surface area contributed by atoms with Crippen molar-refractivity contribution in [1.82, 2.24) is 14.8 Å². The number of unbranched alkanes of at least 4 members (excludes halogenated alkanes) is 1. The summed E-state index contributed by atoms with van der Waals surface area (Å²) < 4.78 is 182. The van der Waals surface area contributed by atoms with E-state index >= 15 is 0 Å². The van der Waals surface area contributed by atoms with E-state index in [9.17, 15) is 70.2 Å². The number of aromatic hydroxyl groups is 1. The molecule has 0 aliphatic rings. The zero-order chi connectivity index (χ0) is 57.7.